The van der Waals surface area contributed by atoms with Crippen LogP contribution in [0.3, 0.4) is 0 Å². The molecule has 1 aliphatic rings. The number of hydrogen-bond acceptors (Lipinski definition) is 4. The van der Waals surface area contributed by atoms with E-state index >= 15 is 0 Å². The van der Waals surface area contributed by atoms with Crippen molar-refractivity contribution in [3.63, 3.8) is 0 Å². The Kier molecular flexibility index (Phi) is 9.80. The van der Waals surface area contributed by atoms with Crippen LogP contribution in [0.25, 0.3) is 0 Å². The lowest BCUT2D eigenvalue weighted by molar-refractivity contribution is 0.309. The summed E-state index contributed by atoms with van der Waals surface area (Å²) < 4.78 is 5.60. The molecule has 8 heteroatoms. The molecule has 0 saturated carbocycles. The van der Waals surface area contributed by atoms with Gasteiger partial charge in [-0.25, -0.2) is 4.98 Å². The number of benzene rings is 1. The molecule has 0 aliphatic carbocycles. The highest BCUT2D eigenvalue weighted by Crippen LogP contribution is 2.23. The highest BCUT2D eigenvalue weighted by atomic mass is 127. The van der Waals surface area contributed by atoms with Crippen LogP contribution in [0.5, 0.6) is 5.88 Å². The van der Waals surface area contributed by atoms with Gasteiger partial charge in [0.1, 0.15) is 6.61 Å². The van der Waals surface area contributed by atoms with E-state index in [1.807, 2.05) is 0 Å². The number of ether oxygens (including phenoxy) is 1. The van der Waals surface area contributed by atoms with Crippen LogP contribution >= 0.6 is 35.6 Å². The molecule has 3 rings (SSSR count). The van der Waals surface area contributed by atoms with Crippen LogP contribution in [0.1, 0.15) is 31.4 Å². The molecule has 0 radical (unpaired) electrons. The van der Waals surface area contributed by atoms with Crippen molar-refractivity contribution in [1.29, 1.82) is 0 Å². The van der Waals surface area contributed by atoms with E-state index in [1.54, 1.807) is 25.4 Å². The quantitative estimate of drug-likeness (QED) is 0.243. The van der Waals surface area contributed by atoms with Gasteiger partial charge in [-0.15, -0.1) is 24.0 Å². The van der Waals surface area contributed by atoms with E-state index in [0.29, 0.717) is 24.1 Å². The van der Waals surface area contributed by atoms with Crippen molar-refractivity contribution < 1.29 is 4.74 Å². The van der Waals surface area contributed by atoms with Crippen molar-refractivity contribution in [3.8, 4) is 5.88 Å². The highest BCUT2D eigenvalue weighted by Gasteiger charge is 2.14. The zero-order valence-corrected chi connectivity index (χ0v) is 20.0. The van der Waals surface area contributed by atoms with Gasteiger partial charge in [0.25, 0.3) is 0 Å². The first-order chi connectivity index (χ1) is 13.7. The van der Waals surface area contributed by atoms with Gasteiger partial charge in [0, 0.05) is 38.1 Å². The summed E-state index contributed by atoms with van der Waals surface area (Å²) >= 11 is 5.82. The Morgan fingerprint density at radius 3 is 2.76 bits per heavy atom. The summed E-state index contributed by atoms with van der Waals surface area (Å²) in [6, 6.07) is 12.4. The minimum absolute atomic E-state index is 0. The fraction of sp³-hybridized carbons (Fsp3) is 0.429. The third kappa shape index (κ3) is 7.22. The smallest absolute Gasteiger partial charge is 0.213 e. The van der Waals surface area contributed by atoms with Gasteiger partial charge in [-0.3, -0.25) is 4.99 Å². The molecule has 2 N–H and O–H groups in total. The maximum Gasteiger partial charge on any atom is 0.213 e. The van der Waals surface area contributed by atoms with Gasteiger partial charge >= 0.3 is 0 Å². The molecule has 158 valence electrons. The molecule has 0 amide bonds. The van der Waals surface area contributed by atoms with Gasteiger partial charge in [0.15, 0.2) is 5.96 Å². The molecule has 0 bridgehead atoms. The number of nitrogens with one attached hydrogen (secondary N) is 2. The van der Waals surface area contributed by atoms with Gasteiger partial charge in [-0.1, -0.05) is 23.7 Å². The highest BCUT2D eigenvalue weighted by molar-refractivity contribution is 14.0. The zero-order valence-electron chi connectivity index (χ0n) is 16.9. The fourth-order valence-corrected chi connectivity index (χ4v) is 3.33. The Morgan fingerprint density at radius 1 is 1.28 bits per heavy atom. The third-order valence-electron chi connectivity index (χ3n) is 4.76. The van der Waals surface area contributed by atoms with Crippen LogP contribution in [0.4, 0.5) is 5.69 Å². The van der Waals surface area contributed by atoms with Crippen molar-refractivity contribution in [2.75, 3.05) is 38.2 Å². The Balaban J connectivity index is 0.00000300. The van der Waals surface area contributed by atoms with Gasteiger partial charge in [-0.2, -0.15) is 0 Å². The molecule has 1 aliphatic heterocycles. The number of halogens is 2. The minimum atomic E-state index is 0. The van der Waals surface area contributed by atoms with Crippen LogP contribution in [0.15, 0.2) is 47.6 Å². The molecular weight excluding hydrogens is 501 g/mol. The average Bonchev–Trinajstić information content (AvgIpc) is 3.26. The average molecular weight is 530 g/mol. The van der Waals surface area contributed by atoms with Crippen LogP contribution in [-0.2, 0) is 0 Å². The summed E-state index contributed by atoms with van der Waals surface area (Å²) in [7, 11) is 1.77. The van der Waals surface area contributed by atoms with E-state index in [1.165, 1.54) is 24.1 Å². The summed E-state index contributed by atoms with van der Waals surface area (Å²) in [6.45, 7) is 5.54. The SMILES string of the molecule is CN=C(NCCOc1ccc(Cl)cn1)NC(C)c1cccc(N2CCCC2)c1.I. The molecule has 1 aromatic carbocycles. The van der Waals surface area contributed by atoms with Gasteiger partial charge < -0.3 is 20.3 Å². The molecule has 2 aromatic rings. The standard InChI is InChI=1S/C21H28ClN5O.HI/c1-16(17-6-5-7-19(14-17)27-11-3-4-12-27)26-21(23-2)24-10-13-28-20-9-8-18(22)15-25-20;/h5-9,14-16H,3-4,10-13H2,1-2H3,(H2,23,24,26);1H. The first-order valence-corrected chi connectivity index (χ1v) is 10.1. The monoisotopic (exact) mass is 529 g/mol. The summed E-state index contributed by atoms with van der Waals surface area (Å²) in [5.74, 6) is 1.30. The molecule has 1 saturated heterocycles. The number of hydrogen-bond donors (Lipinski definition) is 2. The zero-order chi connectivity index (χ0) is 19.8. The maximum absolute atomic E-state index is 5.82. The van der Waals surface area contributed by atoms with E-state index in [0.717, 1.165) is 19.0 Å². The maximum atomic E-state index is 5.82. The molecule has 29 heavy (non-hydrogen) atoms. The predicted molar refractivity (Wildman–Crippen MR) is 131 cm³/mol. The summed E-state index contributed by atoms with van der Waals surface area (Å²) in [5.41, 5.74) is 2.55. The summed E-state index contributed by atoms with van der Waals surface area (Å²) in [5, 5.41) is 7.30. The molecule has 1 fully saturated rings. The second kappa shape index (κ2) is 12.1. The second-order valence-electron chi connectivity index (χ2n) is 6.82. The Labute approximate surface area is 195 Å². The van der Waals surface area contributed by atoms with Crippen LogP contribution < -0.4 is 20.3 Å². The van der Waals surface area contributed by atoms with E-state index in [-0.39, 0.29) is 30.0 Å². The lowest BCUT2D eigenvalue weighted by Crippen LogP contribution is -2.40. The molecule has 6 nitrogen and oxygen atoms in total. The van der Waals surface area contributed by atoms with Gasteiger partial charge in [0.05, 0.1) is 17.6 Å². The Morgan fingerprint density at radius 2 is 2.07 bits per heavy atom. The van der Waals surface area contributed by atoms with Crippen molar-refractivity contribution >= 4 is 47.2 Å². The minimum Gasteiger partial charge on any atom is -0.476 e. The number of nitrogens with zero attached hydrogens (tertiary/aromatic N) is 3. The van der Waals surface area contributed by atoms with Crippen molar-refractivity contribution in [3.05, 3.63) is 53.2 Å². The molecule has 1 atom stereocenters. The number of guanidine groups is 1. The van der Waals surface area contributed by atoms with Crippen LogP contribution in [-0.4, -0.2) is 44.2 Å². The normalized spacial score (nSPS) is 14.9. The fourth-order valence-electron chi connectivity index (χ4n) is 3.22. The van der Waals surface area contributed by atoms with E-state index < -0.39 is 0 Å². The first-order valence-electron chi connectivity index (χ1n) is 9.72. The molecule has 1 aromatic heterocycles. The summed E-state index contributed by atoms with van der Waals surface area (Å²) in [6.07, 6.45) is 4.13. The lowest BCUT2D eigenvalue weighted by Gasteiger charge is -2.22. The number of pyridine rings is 1. The lowest BCUT2D eigenvalue weighted by atomic mass is 10.1. The van der Waals surface area contributed by atoms with Gasteiger partial charge in [-0.05, 0) is 43.5 Å². The third-order valence-corrected chi connectivity index (χ3v) is 4.99. The summed E-state index contributed by atoms with van der Waals surface area (Å²) in [4.78, 5) is 10.9. The second-order valence-corrected chi connectivity index (χ2v) is 7.25. The Hall–Kier alpha value is -1.74. The van der Waals surface area contributed by atoms with E-state index in [2.05, 4.69) is 56.7 Å². The Bertz CT molecular complexity index is 781. The molecular formula is C21H29ClIN5O. The van der Waals surface area contributed by atoms with Crippen LogP contribution in [0.2, 0.25) is 5.02 Å². The number of aromatic nitrogens is 1. The van der Waals surface area contributed by atoms with Crippen molar-refractivity contribution in [1.82, 2.24) is 15.6 Å². The number of anilines is 1. The number of rotatable bonds is 7. The largest absolute Gasteiger partial charge is 0.476 e. The molecule has 2 heterocycles. The molecule has 1 unspecified atom stereocenters. The van der Waals surface area contributed by atoms with Crippen molar-refractivity contribution in [2.24, 2.45) is 4.99 Å². The topological polar surface area (TPSA) is 61.8 Å². The number of aliphatic imine (C=N–C) groups is 1. The van der Waals surface area contributed by atoms with Crippen molar-refractivity contribution in [2.45, 2.75) is 25.8 Å². The van der Waals surface area contributed by atoms with E-state index in [4.69, 9.17) is 16.3 Å². The molecule has 0 spiro atoms. The van der Waals surface area contributed by atoms with Crippen LogP contribution in [0, 0.1) is 0 Å². The predicted octanol–water partition coefficient (Wildman–Crippen LogP) is 4.26. The van der Waals surface area contributed by atoms with E-state index in [9.17, 15) is 0 Å². The van der Waals surface area contributed by atoms with Gasteiger partial charge in [0.2, 0.25) is 5.88 Å². The first kappa shape index (κ1) is 23.5.